The number of aryl methyl sites for hydroxylation is 1. The molecular formula is C17H18N4O2S. The van der Waals surface area contributed by atoms with Gasteiger partial charge in [-0.15, -0.1) is 11.8 Å². The summed E-state index contributed by atoms with van der Waals surface area (Å²) in [6, 6.07) is 11.7. The van der Waals surface area contributed by atoms with Gasteiger partial charge in [0.25, 0.3) is 0 Å². The first-order chi connectivity index (χ1) is 11.6. The van der Waals surface area contributed by atoms with Crippen molar-refractivity contribution in [2.75, 3.05) is 5.32 Å². The van der Waals surface area contributed by atoms with Crippen LogP contribution in [0.2, 0.25) is 0 Å². The molecule has 6 nitrogen and oxygen atoms in total. The van der Waals surface area contributed by atoms with E-state index >= 15 is 0 Å². The number of carbonyl (C=O) groups is 1. The van der Waals surface area contributed by atoms with E-state index in [0.29, 0.717) is 5.88 Å². The smallest absolute Gasteiger partial charge is 0.239 e. The quantitative estimate of drug-likeness (QED) is 0.743. The van der Waals surface area contributed by atoms with E-state index in [-0.39, 0.29) is 11.2 Å². The van der Waals surface area contributed by atoms with Gasteiger partial charge in [0, 0.05) is 24.2 Å². The summed E-state index contributed by atoms with van der Waals surface area (Å²) in [7, 11) is 0. The molecule has 24 heavy (non-hydrogen) atoms. The highest BCUT2D eigenvalue weighted by Gasteiger charge is 2.15. The Morgan fingerprint density at radius 1 is 1.38 bits per heavy atom. The third-order valence-electron chi connectivity index (χ3n) is 3.45. The standard InChI is InChI=1S/C17H18N4O2S/c1-12-10-16(23-20-12)19-17(22)13(2)24-11-14-4-6-15(7-5-14)21-9-3-8-18-21/h3-10,13H,11H2,1-2H3,(H,19,22). The molecule has 0 spiro atoms. The highest BCUT2D eigenvalue weighted by Crippen LogP contribution is 2.20. The zero-order valence-corrected chi connectivity index (χ0v) is 14.3. The number of nitrogens with zero attached hydrogens (tertiary/aromatic N) is 3. The molecule has 2 aromatic heterocycles. The van der Waals surface area contributed by atoms with Gasteiger partial charge in [-0.3, -0.25) is 10.1 Å². The van der Waals surface area contributed by atoms with Gasteiger partial charge in [-0.2, -0.15) is 5.10 Å². The normalized spacial score (nSPS) is 12.1. The van der Waals surface area contributed by atoms with E-state index in [1.807, 2.05) is 42.9 Å². The minimum absolute atomic E-state index is 0.0932. The first-order valence-corrected chi connectivity index (χ1v) is 8.61. The van der Waals surface area contributed by atoms with Gasteiger partial charge in [-0.1, -0.05) is 17.3 Å². The molecule has 0 fully saturated rings. The van der Waals surface area contributed by atoms with E-state index in [9.17, 15) is 4.79 Å². The lowest BCUT2D eigenvalue weighted by molar-refractivity contribution is -0.115. The Balaban J connectivity index is 1.52. The van der Waals surface area contributed by atoms with Crippen LogP contribution in [0, 0.1) is 6.92 Å². The van der Waals surface area contributed by atoms with E-state index in [4.69, 9.17) is 4.52 Å². The van der Waals surface area contributed by atoms with E-state index in [1.54, 1.807) is 24.0 Å². The summed E-state index contributed by atoms with van der Waals surface area (Å²) < 4.78 is 6.81. The average molecular weight is 342 g/mol. The molecular weight excluding hydrogens is 324 g/mol. The van der Waals surface area contributed by atoms with Crippen molar-refractivity contribution in [2.45, 2.75) is 24.9 Å². The minimum atomic E-state index is -0.193. The number of anilines is 1. The Hall–Kier alpha value is -2.54. The molecule has 3 aromatic rings. The van der Waals surface area contributed by atoms with E-state index < -0.39 is 0 Å². The SMILES string of the molecule is Cc1cc(NC(=O)C(C)SCc2ccc(-n3cccn3)cc2)on1. The Morgan fingerprint density at radius 2 is 2.17 bits per heavy atom. The lowest BCUT2D eigenvalue weighted by Crippen LogP contribution is -2.22. The van der Waals surface area contributed by atoms with Crippen molar-refractivity contribution in [3.05, 3.63) is 60.0 Å². The van der Waals surface area contributed by atoms with Crippen LogP contribution in [0.5, 0.6) is 0 Å². The first kappa shape index (κ1) is 16.3. The average Bonchev–Trinajstić information content (AvgIpc) is 3.25. The van der Waals surface area contributed by atoms with E-state index in [2.05, 4.69) is 27.7 Å². The van der Waals surface area contributed by atoms with Crippen molar-refractivity contribution < 1.29 is 9.32 Å². The summed E-state index contributed by atoms with van der Waals surface area (Å²) in [6.07, 6.45) is 3.65. The minimum Gasteiger partial charge on any atom is -0.338 e. The first-order valence-electron chi connectivity index (χ1n) is 7.56. The molecule has 1 aromatic carbocycles. The van der Waals surface area contributed by atoms with Crippen molar-refractivity contribution in [3.8, 4) is 5.69 Å². The monoisotopic (exact) mass is 342 g/mol. The molecule has 0 radical (unpaired) electrons. The van der Waals surface area contributed by atoms with E-state index in [1.165, 1.54) is 0 Å². The lowest BCUT2D eigenvalue weighted by Gasteiger charge is -2.10. The predicted molar refractivity (Wildman–Crippen MR) is 94.2 cm³/mol. The largest absolute Gasteiger partial charge is 0.338 e. The van der Waals surface area contributed by atoms with Crippen molar-refractivity contribution in [3.63, 3.8) is 0 Å². The van der Waals surface area contributed by atoms with Crippen molar-refractivity contribution in [1.82, 2.24) is 14.9 Å². The number of thioether (sulfide) groups is 1. The summed E-state index contributed by atoms with van der Waals surface area (Å²) in [6.45, 7) is 3.69. The topological polar surface area (TPSA) is 73.0 Å². The Labute approximate surface area is 144 Å². The molecule has 0 aliphatic carbocycles. The molecule has 0 bridgehead atoms. The number of hydrogen-bond acceptors (Lipinski definition) is 5. The van der Waals surface area contributed by atoms with Gasteiger partial charge >= 0.3 is 0 Å². The summed E-state index contributed by atoms with van der Waals surface area (Å²) in [4.78, 5) is 12.1. The predicted octanol–water partition coefficient (Wildman–Crippen LogP) is 3.43. The maximum Gasteiger partial charge on any atom is 0.239 e. The van der Waals surface area contributed by atoms with Crippen LogP contribution in [0.1, 0.15) is 18.2 Å². The number of rotatable bonds is 6. The highest BCUT2D eigenvalue weighted by molar-refractivity contribution is 7.99. The van der Waals surface area contributed by atoms with Crippen LogP contribution in [-0.2, 0) is 10.5 Å². The van der Waals surface area contributed by atoms with Crippen LogP contribution in [0.25, 0.3) is 5.69 Å². The summed E-state index contributed by atoms with van der Waals surface area (Å²) in [5, 5.41) is 10.5. The van der Waals surface area contributed by atoms with Crippen LogP contribution in [0.3, 0.4) is 0 Å². The fourth-order valence-corrected chi connectivity index (χ4v) is 2.95. The number of carbonyl (C=O) groups excluding carboxylic acids is 1. The van der Waals surface area contributed by atoms with E-state index in [0.717, 1.165) is 22.7 Å². The molecule has 124 valence electrons. The number of hydrogen-bond donors (Lipinski definition) is 1. The zero-order valence-electron chi connectivity index (χ0n) is 13.5. The van der Waals surface area contributed by atoms with Crippen molar-refractivity contribution in [2.24, 2.45) is 0 Å². The maximum absolute atomic E-state index is 12.1. The Morgan fingerprint density at radius 3 is 2.79 bits per heavy atom. The van der Waals surface area contributed by atoms with Crippen LogP contribution in [0.4, 0.5) is 5.88 Å². The van der Waals surface area contributed by atoms with Gasteiger partial charge < -0.3 is 4.52 Å². The van der Waals surface area contributed by atoms with Crippen molar-refractivity contribution >= 4 is 23.6 Å². The molecule has 0 saturated heterocycles. The molecule has 0 aliphatic heterocycles. The highest BCUT2D eigenvalue weighted by atomic mass is 32.2. The van der Waals surface area contributed by atoms with Gasteiger partial charge in [-0.25, -0.2) is 4.68 Å². The molecule has 0 saturated carbocycles. The van der Waals surface area contributed by atoms with Gasteiger partial charge in [0.15, 0.2) is 0 Å². The summed E-state index contributed by atoms with van der Waals surface area (Å²) in [5.41, 5.74) is 2.91. The Kier molecular flexibility index (Phi) is 5.00. The second-order valence-electron chi connectivity index (χ2n) is 5.39. The van der Waals surface area contributed by atoms with Crippen LogP contribution in [0.15, 0.2) is 53.3 Å². The summed E-state index contributed by atoms with van der Waals surface area (Å²) in [5.74, 6) is 1.04. The molecule has 1 unspecified atom stereocenters. The van der Waals surface area contributed by atoms with Gasteiger partial charge in [0.2, 0.25) is 11.8 Å². The van der Waals surface area contributed by atoms with Crippen LogP contribution < -0.4 is 5.32 Å². The number of aromatic nitrogens is 3. The van der Waals surface area contributed by atoms with Gasteiger partial charge in [0.05, 0.1) is 16.6 Å². The van der Waals surface area contributed by atoms with Crippen LogP contribution in [-0.4, -0.2) is 26.1 Å². The molecule has 0 aliphatic rings. The maximum atomic E-state index is 12.1. The van der Waals surface area contributed by atoms with Gasteiger partial charge in [-0.05, 0) is 37.6 Å². The molecule has 3 rings (SSSR count). The lowest BCUT2D eigenvalue weighted by atomic mass is 10.2. The summed E-state index contributed by atoms with van der Waals surface area (Å²) >= 11 is 1.57. The second kappa shape index (κ2) is 7.35. The zero-order chi connectivity index (χ0) is 16.9. The molecule has 7 heteroatoms. The molecule has 2 heterocycles. The fraction of sp³-hybridized carbons (Fsp3) is 0.235. The number of nitrogens with one attached hydrogen (secondary N) is 1. The third kappa shape index (κ3) is 4.05. The fourth-order valence-electron chi connectivity index (χ4n) is 2.11. The van der Waals surface area contributed by atoms with Gasteiger partial charge in [0.1, 0.15) is 0 Å². The number of benzene rings is 1. The molecule has 1 atom stereocenters. The molecule has 1 amide bonds. The number of amides is 1. The van der Waals surface area contributed by atoms with Crippen LogP contribution >= 0.6 is 11.8 Å². The second-order valence-corrected chi connectivity index (χ2v) is 6.72. The molecule has 1 N–H and O–H groups in total. The Bertz CT molecular complexity index is 796. The third-order valence-corrected chi connectivity index (χ3v) is 4.66. The van der Waals surface area contributed by atoms with Crippen molar-refractivity contribution in [1.29, 1.82) is 0 Å².